The van der Waals surface area contributed by atoms with E-state index in [2.05, 4.69) is 20.4 Å². The molecular formula is C13H19N5O. The van der Waals surface area contributed by atoms with Crippen LogP contribution in [0.25, 0.3) is 0 Å². The Morgan fingerprint density at radius 3 is 2.53 bits per heavy atom. The number of carbonyl (C=O) groups excluding carboxylic acids is 1. The summed E-state index contributed by atoms with van der Waals surface area (Å²) in [5, 5.41) is 11.6. The number of aromatic nitrogens is 2. The number of carbonyl (C=O) groups is 1. The average Bonchev–Trinajstić information content (AvgIpc) is 2.76. The molecule has 0 spiro atoms. The summed E-state index contributed by atoms with van der Waals surface area (Å²) in [4.78, 5) is 13.1. The average molecular weight is 261 g/mol. The van der Waals surface area contributed by atoms with Gasteiger partial charge in [0.2, 0.25) is 0 Å². The topological polar surface area (TPSA) is 84.1 Å². The molecule has 0 aliphatic carbocycles. The molecule has 2 fully saturated rings. The zero-order valence-electron chi connectivity index (χ0n) is 11.0. The first-order valence-electron chi connectivity index (χ1n) is 6.76. The van der Waals surface area contributed by atoms with Crippen molar-refractivity contribution in [1.29, 1.82) is 0 Å². The van der Waals surface area contributed by atoms with Gasteiger partial charge in [0.1, 0.15) is 0 Å². The second-order valence-electron chi connectivity index (χ2n) is 5.52. The molecule has 2 aliphatic rings. The van der Waals surface area contributed by atoms with Gasteiger partial charge in [0.05, 0.1) is 0 Å². The Morgan fingerprint density at radius 2 is 2.00 bits per heavy atom. The maximum absolute atomic E-state index is 11.0. The highest BCUT2D eigenvalue weighted by atomic mass is 16.1. The van der Waals surface area contributed by atoms with Crippen LogP contribution in [-0.2, 0) is 0 Å². The van der Waals surface area contributed by atoms with Crippen LogP contribution >= 0.6 is 0 Å². The number of primary amides is 1. The number of nitrogens with two attached hydrogens (primary N) is 1. The van der Waals surface area contributed by atoms with Crippen molar-refractivity contribution in [3.63, 3.8) is 0 Å². The van der Waals surface area contributed by atoms with Crippen molar-refractivity contribution in [2.24, 2.45) is 5.73 Å². The fourth-order valence-electron chi connectivity index (χ4n) is 3.18. The van der Waals surface area contributed by atoms with Crippen molar-refractivity contribution in [1.82, 2.24) is 15.5 Å². The molecule has 1 amide bonds. The van der Waals surface area contributed by atoms with Gasteiger partial charge in [-0.2, -0.15) is 0 Å². The molecule has 6 heteroatoms. The van der Waals surface area contributed by atoms with E-state index in [1.54, 1.807) is 6.07 Å². The first-order chi connectivity index (χ1) is 9.13. The summed E-state index contributed by atoms with van der Waals surface area (Å²) in [7, 11) is 2.05. The normalized spacial score (nSPS) is 29.2. The molecule has 1 aromatic heterocycles. The summed E-state index contributed by atoms with van der Waals surface area (Å²) < 4.78 is 0. The predicted octanol–water partition coefficient (Wildman–Crippen LogP) is 0.295. The maximum Gasteiger partial charge on any atom is 0.269 e. The Balaban J connectivity index is 1.72. The van der Waals surface area contributed by atoms with Crippen LogP contribution < -0.4 is 16.0 Å². The lowest BCUT2D eigenvalue weighted by Gasteiger charge is -2.36. The van der Waals surface area contributed by atoms with E-state index in [1.165, 1.54) is 12.8 Å². The zero-order chi connectivity index (χ0) is 13.4. The lowest BCUT2D eigenvalue weighted by atomic mass is 9.98. The monoisotopic (exact) mass is 261 g/mol. The second kappa shape index (κ2) is 4.77. The largest absolute Gasteiger partial charge is 0.364 e. The zero-order valence-corrected chi connectivity index (χ0v) is 11.0. The van der Waals surface area contributed by atoms with Gasteiger partial charge < -0.3 is 16.0 Å². The van der Waals surface area contributed by atoms with Gasteiger partial charge in [-0.15, -0.1) is 10.2 Å². The highest BCUT2D eigenvalue weighted by Gasteiger charge is 2.35. The summed E-state index contributed by atoms with van der Waals surface area (Å²) >= 11 is 0. The van der Waals surface area contributed by atoms with E-state index in [1.807, 2.05) is 13.1 Å². The first-order valence-corrected chi connectivity index (χ1v) is 6.76. The number of nitrogens with one attached hydrogen (secondary N) is 1. The lowest BCUT2D eigenvalue weighted by Crippen LogP contribution is -2.47. The van der Waals surface area contributed by atoms with E-state index in [0.29, 0.717) is 18.1 Å². The molecule has 6 nitrogen and oxygen atoms in total. The Labute approximate surface area is 112 Å². The van der Waals surface area contributed by atoms with Gasteiger partial charge in [-0.05, 0) is 37.8 Å². The number of hydrogen-bond donors (Lipinski definition) is 2. The molecule has 0 saturated carbocycles. The number of amides is 1. The number of anilines is 1. The van der Waals surface area contributed by atoms with Gasteiger partial charge in [-0.25, -0.2) is 0 Å². The van der Waals surface area contributed by atoms with Crippen molar-refractivity contribution in [3.05, 3.63) is 17.8 Å². The summed E-state index contributed by atoms with van der Waals surface area (Å²) in [6.45, 7) is 0. The fourth-order valence-corrected chi connectivity index (χ4v) is 3.18. The van der Waals surface area contributed by atoms with Crippen LogP contribution in [0.5, 0.6) is 0 Å². The minimum absolute atomic E-state index is 0.211. The molecule has 3 rings (SSSR count). The van der Waals surface area contributed by atoms with E-state index < -0.39 is 5.91 Å². The number of nitrogens with zero attached hydrogens (tertiary/aromatic N) is 3. The van der Waals surface area contributed by atoms with Crippen molar-refractivity contribution in [2.75, 3.05) is 11.9 Å². The van der Waals surface area contributed by atoms with E-state index in [-0.39, 0.29) is 5.69 Å². The van der Waals surface area contributed by atoms with Gasteiger partial charge in [-0.3, -0.25) is 4.79 Å². The lowest BCUT2D eigenvalue weighted by molar-refractivity contribution is 0.0994. The van der Waals surface area contributed by atoms with Crippen LogP contribution in [0, 0.1) is 0 Å². The minimum atomic E-state index is -0.540. The third-order valence-corrected chi connectivity index (χ3v) is 4.26. The molecule has 0 radical (unpaired) electrons. The predicted molar refractivity (Wildman–Crippen MR) is 71.9 cm³/mol. The number of piperidine rings is 1. The molecule has 2 bridgehead atoms. The Morgan fingerprint density at radius 1 is 1.32 bits per heavy atom. The summed E-state index contributed by atoms with van der Waals surface area (Å²) in [5.41, 5.74) is 5.37. The van der Waals surface area contributed by atoms with E-state index in [4.69, 9.17) is 5.73 Å². The van der Waals surface area contributed by atoms with Gasteiger partial charge in [0.25, 0.3) is 5.91 Å². The van der Waals surface area contributed by atoms with Crippen LogP contribution in [0.3, 0.4) is 0 Å². The molecular weight excluding hydrogens is 242 g/mol. The van der Waals surface area contributed by atoms with Crippen molar-refractivity contribution < 1.29 is 4.79 Å². The van der Waals surface area contributed by atoms with Crippen LogP contribution in [-0.4, -0.2) is 41.3 Å². The van der Waals surface area contributed by atoms with Gasteiger partial charge in [0.15, 0.2) is 11.5 Å². The third-order valence-electron chi connectivity index (χ3n) is 4.26. The fraction of sp³-hybridized carbons (Fsp3) is 0.615. The number of rotatable bonds is 3. The molecule has 2 aliphatic heterocycles. The standard InChI is InChI=1S/C13H19N5O/c1-18(10-6-8-2-3-9(7-10)15-8)12-5-4-11(13(14)19)16-17-12/h4-5,8-10,15H,2-3,6-7H2,1H3,(H2,14,19). The smallest absolute Gasteiger partial charge is 0.269 e. The summed E-state index contributed by atoms with van der Waals surface area (Å²) in [5.74, 6) is 0.262. The summed E-state index contributed by atoms with van der Waals surface area (Å²) in [6, 6.07) is 5.23. The van der Waals surface area contributed by atoms with Crippen LogP contribution in [0.2, 0.25) is 0 Å². The third kappa shape index (κ3) is 2.40. The van der Waals surface area contributed by atoms with Crippen molar-refractivity contribution in [3.8, 4) is 0 Å². The van der Waals surface area contributed by atoms with Crippen molar-refractivity contribution in [2.45, 2.75) is 43.8 Å². The van der Waals surface area contributed by atoms with E-state index in [9.17, 15) is 4.79 Å². The molecule has 0 aromatic carbocycles. The first kappa shape index (κ1) is 12.3. The maximum atomic E-state index is 11.0. The Hall–Kier alpha value is -1.69. The Kier molecular flexibility index (Phi) is 3.10. The molecule has 3 heterocycles. The molecule has 2 atom stereocenters. The molecule has 102 valence electrons. The van der Waals surface area contributed by atoms with Gasteiger partial charge >= 0.3 is 0 Å². The molecule has 2 saturated heterocycles. The van der Waals surface area contributed by atoms with E-state index >= 15 is 0 Å². The van der Waals surface area contributed by atoms with E-state index in [0.717, 1.165) is 18.7 Å². The SMILES string of the molecule is CN(c1ccc(C(N)=O)nn1)C1CC2CCC(C1)N2. The quantitative estimate of drug-likeness (QED) is 0.817. The van der Waals surface area contributed by atoms with Crippen LogP contribution in [0.15, 0.2) is 12.1 Å². The highest BCUT2D eigenvalue weighted by Crippen LogP contribution is 2.30. The molecule has 1 aromatic rings. The molecule has 19 heavy (non-hydrogen) atoms. The van der Waals surface area contributed by atoms with Gasteiger partial charge in [0, 0.05) is 25.2 Å². The minimum Gasteiger partial charge on any atom is -0.364 e. The van der Waals surface area contributed by atoms with Crippen LogP contribution in [0.1, 0.15) is 36.2 Å². The summed E-state index contributed by atoms with van der Waals surface area (Å²) in [6.07, 6.45) is 4.85. The van der Waals surface area contributed by atoms with Crippen molar-refractivity contribution >= 4 is 11.7 Å². The van der Waals surface area contributed by atoms with Gasteiger partial charge in [-0.1, -0.05) is 0 Å². The number of hydrogen-bond acceptors (Lipinski definition) is 5. The number of fused-ring (bicyclic) bond motifs is 2. The second-order valence-corrected chi connectivity index (χ2v) is 5.52. The molecule has 2 unspecified atom stereocenters. The highest BCUT2D eigenvalue weighted by molar-refractivity contribution is 5.90. The van der Waals surface area contributed by atoms with Crippen LogP contribution in [0.4, 0.5) is 5.82 Å². The Bertz CT molecular complexity index is 462. The molecule has 3 N–H and O–H groups in total.